The molecule has 0 spiro atoms. The number of amides is 1. The fourth-order valence-electron chi connectivity index (χ4n) is 2.41. The van der Waals surface area contributed by atoms with Crippen LogP contribution in [-0.2, 0) is 15.0 Å². The highest BCUT2D eigenvalue weighted by Gasteiger charge is 2.30. The van der Waals surface area contributed by atoms with Gasteiger partial charge in [0.05, 0.1) is 5.01 Å². The number of nitrogens with zero attached hydrogens (tertiary/aromatic N) is 2. The number of thiazole rings is 1. The van der Waals surface area contributed by atoms with Crippen LogP contribution in [0.5, 0.6) is 0 Å². The average molecular weight is 322 g/mol. The van der Waals surface area contributed by atoms with Crippen LogP contribution in [-0.4, -0.2) is 39.5 Å². The highest BCUT2D eigenvalue weighted by Crippen LogP contribution is 2.27. The summed E-state index contributed by atoms with van der Waals surface area (Å²) in [5.74, 6) is -1.16. The summed E-state index contributed by atoms with van der Waals surface area (Å²) in [5, 5.41) is 10.2. The summed E-state index contributed by atoms with van der Waals surface area (Å²) < 4.78 is 0. The van der Waals surface area contributed by atoms with Gasteiger partial charge in [-0.3, -0.25) is 4.79 Å². The van der Waals surface area contributed by atoms with Gasteiger partial charge in [0.2, 0.25) is 5.91 Å². The summed E-state index contributed by atoms with van der Waals surface area (Å²) in [7, 11) is 0. The van der Waals surface area contributed by atoms with Crippen LogP contribution >= 0.6 is 11.3 Å². The summed E-state index contributed by atoms with van der Waals surface area (Å²) in [5.41, 5.74) is -0.0119. The summed E-state index contributed by atoms with van der Waals surface area (Å²) in [6, 6.07) is -0.697. The minimum absolute atomic E-state index is 0.0119. The van der Waals surface area contributed by atoms with Crippen molar-refractivity contribution in [3.05, 3.63) is 22.2 Å². The van der Waals surface area contributed by atoms with Gasteiger partial charge >= 0.3 is 5.97 Å². The van der Waals surface area contributed by atoms with Gasteiger partial charge in [-0.1, -0.05) is 20.8 Å². The van der Waals surface area contributed by atoms with Gasteiger partial charge < -0.3 is 10.0 Å². The Labute approximate surface area is 134 Å². The Morgan fingerprint density at radius 1 is 1.41 bits per heavy atom. The lowest BCUT2D eigenvalue weighted by molar-refractivity contribution is -0.150. The molecule has 0 radical (unpaired) electrons. The van der Waals surface area contributed by atoms with Crippen molar-refractivity contribution in [2.24, 2.45) is 0 Å². The number of carbonyl (C=O) groups is 2. The summed E-state index contributed by atoms with van der Waals surface area (Å²) in [6.07, 6.45) is 7.18. The van der Waals surface area contributed by atoms with E-state index >= 15 is 0 Å². The SMILES string of the molecule is CC(C)(C)c1ncc(/C=C/C(=O)N2CCCC[C@@H]2C(=O)O)s1. The molecule has 1 aliphatic heterocycles. The molecule has 6 heteroatoms. The number of hydrogen-bond acceptors (Lipinski definition) is 4. The van der Waals surface area contributed by atoms with Crippen LogP contribution in [0.4, 0.5) is 0 Å². The van der Waals surface area contributed by atoms with Crippen molar-refractivity contribution < 1.29 is 14.7 Å². The molecule has 1 amide bonds. The maximum atomic E-state index is 12.2. The highest BCUT2D eigenvalue weighted by molar-refractivity contribution is 7.12. The zero-order valence-electron chi connectivity index (χ0n) is 13.2. The molecule has 22 heavy (non-hydrogen) atoms. The number of carboxylic acid groups (broad SMARTS) is 1. The first-order chi connectivity index (χ1) is 10.3. The van der Waals surface area contributed by atoms with Gasteiger partial charge in [0.15, 0.2) is 0 Å². The number of piperidine rings is 1. The van der Waals surface area contributed by atoms with Crippen molar-refractivity contribution in [3.8, 4) is 0 Å². The molecule has 1 saturated heterocycles. The van der Waals surface area contributed by atoms with Gasteiger partial charge in [0.25, 0.3) is 0 Å². The third-order valence-corrected chi connectivity index (χ3v) is 5.01. The highest BCUT2D eigenvalue weighted by atomic mass is 32.1. The molecule has 2 heterocycles. The van der Waals surface area contributed by atoms with Gasteiger partial charge in [-0.15, -0.1) is 11.3 Å². The second-order valence-electron chi connectivity index (χ2n) is 6.53. The molecule has 0 aromatic carbocycles. The van der Waals surface area contributed by atoms with E-state index in [-0.39, 0.29) is 11.3 Å². The van der Waals surface area contributed by atoms with Crippen LogP contribution in [0.3, 0.4) is 0 Å². The third kappa shape index (κ3) is 3.94. The molecule has 1 aromatic rings. The van der Waals surface area contributed by atoms with Crippen molar-refractivity contribution in [1.82, 2.24) is 9.88 Å². The molecule has 1 N–H and O–H groups in total. The number of aromatic nitrogens is 1. The van der Waals surface area contributed by atoms with Crippen LogP contribution in [0.25, 0.3) is 6.08 Å². The maximum Gasteiger partial charge on any atom is 0.326 e. The van der Waals surface area contributed by atoms with Crippen molar-refractivity contribution in [2.75, 3.05) is 6.54 Å². The van der Waals surface area contributed by atoms with Crippen LogP contribution in [0.2, 0.25) is 0 Å². The Kier molecular flexibility index (Phi) is 5.01. The molecule has 1 fully saturated rings. The van der Waals surface area contributed by atoms with E-state index in [0.29, 0.717) is 13.0 Å². The summed E-state index contributed by atoms with van der Waals surface area (Å²) in [4.78, 5) is 30.2. The van der Waals surface area contributed by atoms with E-state index in [1.165, 1.54) is 11.0 Å². The van der Waals surface area contributed by atoms with E-state index in [9.17, 15) is 14.7 Å². The van der Waals surface area contributed by atoms with Crippen molar-refractivity contribution in [1.29, 1.82) is 0 Å². The molecule has 0 saturated carbocycles. The number of carboxylic acids is 1. The first-order valence-corrected chi connectivity index (χ1v) is 8.28. The van der Waals surface area contributed by atoms with Gasteiger partial charge in [-0.2, -0.15) is 0 Å². The lowest BCUT2D eigenvalue weighted by atomic mass is 9.98. The Balaban J connectivity index is 2.07. The average Bonchev–Trinajstić information content (AvgIpc) is 2.93. The molecule has 1 atom stereocenters. The number of carbonyl (C=O) groups excluding carboxylic acids is 1. The summed E-state index contributed by atoms with van der Waals surface area (Å²) >= 11 is 1.55. The first kappa shape index (κ1) is 16.7. The molecule has 2 rings (SSSR count). The van der Waals surface area contributed by atoms with Gasteiger partial charge in [-0.25, -0.2) is 9.78 Å². The second-order valence-corrected chi connectivity index (χ2v) is 7.59. The van der Waals surface area contributed by atoms with E-state index in [0.717, 1.165) is 22.7 Å². The van der Waals surface area contributed by atoms with Crippen LogP contribution in [0, 0.1) is 0 Å². The normalized spacial score (nSPS) is 19.6. The maximum absolute atomic E-state index is 12.2. The Bertz CT molecular complexity index is 586. The Morgan fingerprint density at radius 3 is 2.73 bits per heavy atom. The van der Waals surface area contributed by atoms with E-state index < -0.39 is 12.0 Å². The monoisotopic (exact) mass is 322 g/mol. The van der Waals surface area contributed by atoms with E-state index in [2.05, 4.69) is 25.8 Å². The quantitative estimate of drug-likeness (QED) is 0.869. The molecule has 120 valence electrons. The topological polar surface area (TPSA) is 70.5 Å². The van der Waals surface area contributed by atoms with Crippen molar-refractivity contribution in [2.45, 2.75) is 51.5 Å². The molecule has 1 aromatic heterocycles. The minimum atomic E-state index is -0.922. The van der Waals surface area contributed by atoms with E-state index in [4.69, 9.17) is 0 Å². The predicted molar refractivity (Wildman–Crippen MR) is 86.8 cm³/mol. The largest absolute Gasteiger partial charge is 0.480 e. The zero-order valence-corrected chi connectivity index (χ0v) is 14.0. The van der Waals surface area contributed by atoms with Crippen LogP contribution in [0.15, 0.2) is 12.3 Å². The fourth-order valence-corrected chi connectivity index (χ4v) is 3.29. The van der Waals surface area contributed by atoms with E-state index in [1.807, 2.05) is 0 Å². The van der Waals surface area contributed by atoms with Crippen LogP contribution in [0.1, 0.15) is 49.9 Å². The fraction of sp³-hybridized carbons (Fsp3) is 0.562. The number of hydrogen-bond donors (Lipinski definition) is 1. The molecule has 0 aliphatic carbocycles. The van der Waals surface area contributed by atoms with Crippen molar-refractivity contribution >= 4 is 29.3 Å². The molecular formula is C16H22N2O3S. The molecule has 0 bridgehead atoms. The van der Waals surface area contributed by atoms with Gasteiger partial charge in [0, 0.05) is 29.1 Å². The molecule has 1 aliphatic rings. The minimum Gasteiger partial charge on any atom is -0.480 e. The lowest BCUT2D eigenvalue weighted by Crippen LogP contribution is -2.47. The zero-order chi connectivity index (χ0) is 16.3. The Morgan fingerprint density at radius 2 is 2.14 bits per heavy atom. The third-order valence-electron chi connectivity index (χ3n) is 3.63. The van der Waals surface area contributed by atoms with Gasteiger partial charge in [-0.05, 0) is 25.3 Å². The van der Waals surface area contributed by atoms with E-state index in [1.54, 1.807) is 23.6 Å². The number of rotatable bonds is 3. The standard InChI is InChI=1S/C16H22N2O3S/c1-16(2,3)15-17-10-11(22-15)7-8-13(19)18-9-5-4-6-12(18)14(20)21/h7-8,10,12H,4-6,9H2,1-3H3,(H,20,21)/b8-7+/t12-/m1/s1. The number of aliphatic carboxylic acids is 1. The van der Waals surface area contributed by atoms with Gasteiger partial charge in [0.1, 0.15) is 6.04 Å². The molecule has 5 nitrogen and oxygen atoms in total. The van der Waals surface area contributed by atoms with Crippen LogP contribution < -0.4 is 0 Å². The second kappa shape index (κ2) is 6.60. The van der Waals surface area contributed by atoms with Crippen molar-refractivity contribution in [3.63, 3.8) is 0 Å². The molecular weight excluding hydrogens is 300 g/mol. The number of likely N-dealkylation sites (tertiary alicyclic amines) is 1. The summed E-state index contributed by atoms with van der Waals surface area (Å²) in [6.45, 7) is 6.79. The first-order valence-electron chi connectivity index (χ1n) is 7.47. The predicted octanol–water partition coefficient (Wildman–Crippen LogP) is 2.92. The lowest BCUT2D eigenvalue weighted by Gasteiger charge is -2.32. The smallest absolute Gasteiger partial charge is 0.326 e. The molecule has 0 unspecified atom stereocenters. The Hall–Kier alpha value is -1.69.